The van der Waals surface area contributed by atoms with Gasteiger partial charge in [-0.15, -0.1) is 0 Å². The molecule has 142 valence electrons. The number of ether oxygens (including phenoxy) is 1. The minimum absolute atomic E-state index is 0.859. The summed E-state index contributed by atoms with van der Waals surface area (Å²) in [4.78, 5) is 0. The third-order valence-electron chi connectivity index (χ3n) is 4.07. The van der Waals surface area contributed by atoms with Crippen molar-refractivity contribution in [3.05, 3.63) is 78.9 Å². The molecule has 0 bridgehead atoms. The van der Waals surface area contributed by atoms with Crippen LogP contribution in [0.2, 0.25) is 0 Å². The smallest absolute Gasteiger partial charge is 0.119 e. The average molecular weight is 353 g/mol. The van der Waals surface area contributed by atoms with Crippen LogP contribution in [-0.4, -0.2) is 6.61 Å². The predicted octanol–water partition coefficient (Wildman–Crippen LogP) is 7.82. The Hall–Kier alpha value is -2.02. The predicted molar refractivity (Wildman–Crippen MR) is 116 cm³/mol. The summed E-state index contributed by atoms with van der Waals surface area (Å²) in [6.45, 7) is 3.12. The van der Waals surface area contributed by atoms with Gasteiger partial charge >= 0.3 is 0 Å². The summed E-state index contributed by atoms with van der Waals surface area (Å²) >= 11 is 0. The van der Waals surface area contributed by atoms with Crippen molar-refractivity contribution in [2.75, 3.05) is 6.61 Å². The van der Waals surface area contributed by atoms with Gasteiger partial charge in [-0.2, -0.15) is 0 Å². The number of unbranched alkanes of at least 4 members (excludes halogenated alkanes) is 6. The van der Waals surface area contributed by atoms with E-state index >= 15 is 0 Å². The van der Waals surface area contributed by atoms with Crippen LogP contribution in [0.15, 0.2) is 78.9 Å². The summed E-state index contributed by atoms with van der Waals surface area (Å²) < 4.78 is 5.63. The molecule has 26 heavy (non-hydrogen) atoms. The highest BCUT2D eigenvalue weighted by Crippen LogP contribution is 2.10. The summed E-state index contributed by atoms with van der Waals surface area (Å²) in [6, 6.07) is 10.1. The van der Waals surface area contributed by atoms with Crippen LogP contribution in [0.25, 0.3) is 0 Å². The largest absolute Gasteiger partial charge is 0.494 e. The molecule has 0 radical (unpaired) electrons. The topological polar surface area (TPSA) is 9.23 Å². The molecule has 0 spiro atoms. The molecule has 0 aliphatic heterocycles. The van der Waals surface area contributed by atoms with E-state index in [0.29, 0.717) is 0 Å². The number of allylic oxidation sites excluding steroid dienone is 8. The number of benzene rings is 1. The van der Waals surface area contributed by atoms with Gasteiger partial charge in [-0.3, -0.25) is 0 Å². The van der Waals surface area contributed by atoms with Gasteiger partial charge in [0, 0.05) is 0 Å². The number of para-hydroxylation sites is 1. The molecule has 2 aliphatic rings. The third kappa shape index (κ3) is 14.3. The van der Waals surface area contributed by atoms with Crippen molar-refractivity contribution >= 4 is 0 Å². The minimum Gasteiger partial charge on any atom is -0.494 e. The fraction of sp³-hybridized carbons (Fsp3) is 0.440. The number of hydrogen-bond donors (Lipinski definition) is 0. The highest BCUT2D eigenvalue weighted by molar-refractivity contribution is 5.20. The van der Waals surface area contributed by atoms with Crippen LogP contribution in [0.1, 0.15) is 64.7 Å². The first-order chi connectivity index (χ1) is 12.9. The van der Waals surface area contributed by atoms with E-state index in [9.17, 15) is 0 Å². The van der Waals surface area contributed by atoms with Crippen molar-refractivity contribution in [3.63, 3.8) is 0 Å². The molecule has 1 nitrogen and oxygen atoms in total. The molecule has 0 atom stereocenters. The van der Waals surface area contributed by atoms with E-state index in [4.69, 9.17) is 4.74 Å². The second-order valence-electron chi connectivity index (χ2n) is 6.47. The van der Waals surface area contributed by atoms with Crippen molar-refractivity contribution in [1.29, 1.82) is 0 Å². The SMILES string of the molecule is C1=CCC=C1.C1=CCC=C1.CCCCCCCCCOc1ccccc1. The summed E-state index contributed by atoms with van der Waals surface area (Å²) in [5.74, 6) is 0.994. The molecule has 0 heterocycles. The molecule has 0 saturated carbocycles. The molecule has 0 fully saturated rings. The van der Waals surface area contributed by atoms with Gasteiger partial charge in [0.25, 0.3) is 0 Å². The first-order valence-electron chi connectivity index (χ1n) is 10.2. The molecule has 1 heteroatoms. The van der Waals surface area contributed by atoms with E-state index < -0.39 is 0 Å². The zero-order chi connectivity index (χ0) is 18.5. The van der Waals surface area contributed by atoms with Crippen molar-refractivity contribution in [2.45, 2.75) is 64.7 Å². The van der Waals surface area contributed by atoms with E-state index in [1.165, 1.54) is 44.9 Å². The van der Waals surface area contributed by atoms with Crippen molar-refractivity contribution < 1.29 is 4.74 Å². The van der Waals surface area contributed by atoms with Crippen LogP contribution in [0.4, 0.5) is 0 Å². The highest BCUT2D eigenvalue weighted by atomic mass is 16.5. The Morgan fingerprint density at radius 3 is 1.62 bits per heavy atom. The lowest BCUT2D eigenvalue weighted by Gasteiger charge is -2.05. The lowest BCUT2D eigenvalue weighted by molar-refractivity contribution is 0.304. The van der Waals surface area contributed by atoms with Crippen molar-refractivity contribution in [3.8, 4) is 5.75 Å². The molecule has 0 aromatic heterocycles. The van der Waals surface area contributed by atoms with Gasteiger partial charge in [0.15, 0.2) is 0 Å². The Morgan fingerprint density at radius 1 is 0.654 bits per heavy atom. The Morgan fingerprint density at radius 2 is 1.15 bits per heavy atom. The summed E-state index contributed by atoms with van der Waals surface area (Å²) in [5.41, 5.74) is 0. The molecule has 0 unspecified atom stereocenters. The quantitative estimate of drug-likeness (QED) is 0.412. The molecule has 1 aromatic carbocycles. The maximum Gasteiger partial charge on any atom is 0.119 e. The molecule has 1 aromatic rings. The number of rotatable bonds is 9. The van der Waals surface area contributed by atoms with Crippen molar-refractivity contribution in [1.82, 2.24) is 0 Å². The van der Waals surface area contributed by atoms with Gasteiger partial charge in [0.2, 0.25) is 0 Å². The number of hydrogen-bond acceptors (Lipinski definition) is 1. The zero-order valence-corrected chi connectivity index (χ0v) is 16.5. The van der Waals surface area contributed by atoms with E-state index in [1.807, 2.05) is 30.3 Å². The molecule has 0 N–H and O–H groups in total. The Kier molecular flexibility index (Phi) is 15.1. The second-order valence-corrected chi connectivity index (χ2v) is 6.47. The molecular weight excluding hydrogens is 316 g/mol. The van der Waals surface area contributed by atoms with Crippen LogP contribution in [0, 0.1) is 0 Å². The van der Waals surface area contributed by atoms with Crippen LogP contribution in [0.3, 0.4) is 0 Å². The summed E-state index contributed by atoms with van der Waals surface area (Å²) in [6.07, 6.45) is 28.3. The second kappa shape index (κ2) is 17.8. The zero-order valence-electron chi connectivity index (χ0n) is 16.5. The Labute approximate surface area is 161 Å². The highest BCUT2D eigenvalue weighted by Gasteiger charge is 1.93. The van der Waals surface area contributed by atoms with E-state index in [-0.39, 0.29) is 0 Å². The Bertz CT molecular complexity index is 480. The summed E-state index contributed by atoms with van der Waals surface area (Å²) in [7, 11) is 0. The molecule has 0 saturated heterocycles. The first-order valence-corrected chi connectivity index (χ1v) is 10.2. The maximum atomic E-state index is 5.63. The van der Waals surface area contributed by atoms with Gasteiger partial charge in [0.1, 0.15) is 5.75 Å². The van der Waals surface area contributed by atoms with Gasteiger partial charge in [-0.05, 0) is 31.4 Å². The van der Waals surface area contributed by atoms with Gasteiger partial charge in [-0.25, -0.2) is 0 Å². The van der Waals surface area contributed by atoms with Crippen LogP contribution >= 0.6 is 0 Å². The first kappa shape index (κ1) is 22.0. The Balaban J connectivity index is 0.000000270. The monoisotopic (exact) mass is 352 g/mol. The van der Waals surface area contributed by atoms with Crippen LogP contribution in [0.5, 0.6) is 5.75 Å². The minimum atomic E-state index is 0.859. The van der Waals surface area contributed by atoms with E-state index in [2.05, 4.69) is 55.5 Å². The normalized spacial score (nSPS) is 13.1. The standard InChI is InChI=1S/C15H24O.2C5H6/c1-2-3-4-5-6-7-11-14-16-15-12-9-8-10-13-15;2*1-2-4-5-3-1/h8-10,12-13H,2-7,11,14H2,1H3;2*1-4H,5H2. The van der Waals surface area contributed by atoms with Crippen LogP contribution < -0.4 is 4.74 Å². The van der Waals surface area contributed by atoms with Gasteiger partial charge in [-0.1, -0.05) is 112 Å². The lowest BCUT2D eigenvalue weighted by Crippen LogP contribution is -1.96. The van der Waals surface area contributed by atoms with E-state index in [0.717, 1.165) is 25.2 Å². The molecular formula is C25H36O. The third-order valence-corrected chi connectivity index (χ3v) is 4.07. The maximum absolute atomic E-state index is 5.63. The average Bonchev–Trinajstić information content (AvgIpc) is 3.43. The molecule has 2 aliphatic carbocycles. The fourth-order valence-corrected chi connectivity index (χ4v) is 2.55. The fourth-order valence-electron chi connectivity index (χ4n) is 2.55. The van der Waals surface area contributed by atoms with Gasteiger partial charge < -0.3 is 4.74 Å². The van der Waals surface area contributed by atoms with Gasteiger partial charge in [0.05, 0.1) is 6.61 Å². The van der Waals surface area contributed by atoms with Crippen LogP contribution in [-0.2, 0) is 0 Å². The summed E-state index contributed by atoms with van der Waals surface area (Å²) in [5, 5.41) is 0. The molecule has 0 amide bonds. The van der Waals surface area contributed by atoms with Crippen molar-refractivity contribution in [2.24, 2.45) is 0 Å². The lowest BCUT2D eigenvalue weighted by atomic mass is 10.1. The molecule has 3 rings (SSSR count). The van der Waals surface area contributed by atoms with E-state index in [1.54, 1.807) is 0 Å².